The summed E-state index contributed by atoms with van der Waals surface area (Å²) in [6.45, 7) is 1.93. The molecule has 21 heavy (non-hydrogen) atoms. The summed E-state index contributed by atoms with van der Waals surface area (Å²) in [6.07, 6.45) is 1.12. The largest absolute Gasteiger partial charge is 0.497 e. The molecule has 2 aromatic rings. The van der Waals surface area contributed by atoms with Crippen molar-refractivity contribution in [2.75, 3.05) is 24.4 Å². The molecule has 0 amide bonds. The van der Waals surface area contributed by atoms with E-state index in [1.165, 1.54) is 0 Å². The Morgan fingerprint density at radius 3 is 2.48 bits per heavy atom. The number of nitrogen functional groups attached to an aromatic ring is 1. The zero-order valence-electron chi connectivity index (χ0n) is 12.0. The molecule has 1 aromatic carbocycles. The topological polar surface area (TPSA) is 94.3 Å². The van der Waals surface area contributed by atoms with E-state index in [-0.39, 0.29) is 16.8 Å². The summed E-state index contributed by atoms with van der Waals surface area (Å²) < 4.78 is 32.6. The minimum Gasteiger partial charge on any atom is -0.497 e. The second-order valence-corrected chi connectivity index (χ2v) is 7.36. The summed E-state index contributed by atoms with van der Waals surface area (Å²) >= 11 is 1.04. The fourth-order valence-electron chi connectivity index (χ4n) is 1.92. The molecule has 0 fully saturated rings. The van der Waals surface area contributed by atoms with Crippen LogP contribution in [-0.4, -0.2) is 26.2 Å². The fraction of sp³-hybridized carbons (Fsp3) is 0.308. The lowest BCUT2D eigenvalue weighted by Gasteiger charge is -2.15. The van der Waals surface area contributed by atoms with E-state index in [9.17, 15) is 8.42 Å². The van der Waals surface area contributed by atoms with Crippen molar-refractivity contribution in [3.8, 4) is 5.75 Å². The number of hydrogen-bond acceptors (Lipinski definition) is 7. The van der Waals surface area contributed by atoms with Gasteiger partial charge in [-0.1, -0.05) is 12.1 Å². The maximum absolute atomic E-state index is 11.8. The van der Waals surface area contributed by atoms with E-state index in [4.69, 9.17) is 10.5 Å². The molecule has 3 N–H and O–H groups in total. The summed E-state index contributed by atoms with van der Waals surface area (Å²) in [4.78, 5) is 0.0628. The highest BCUT2D eigenvalue weighted by Crippen LogP contribution is 2.34. The third-order valence-corrected chi connectivity index (χ3v) is 5.08. The predicted octanol–water partition coefficient (Wildman–Crippen LogP) is 2.31. The van der Waals surface area contributed by atoms with Gasteiger partial charge >= 0.3 is 0 Å². The van der Waals surface area contributed by atoms with Crippen LogP contribution in [0.4, 0.5) is 10.8 Å². The standard InChI is InChI=1S/C13H17N3O3S2/c1-8(9-4-6-10(19-2)7-5-9)15-13-11(21(3,17)18)12(14)16-20-13/h4-8,15H,1-3H3,(H2,14,16). The summed E-state index contributed by atoms with van der Waals surface area (Å²) in [5.41, 5.74) is 6.65. The SMILES string of the molecule is COc1ccc(C(C)Nc2snc(N)c2S(C)(=O)=O)cc1. The van der Waals surface area contributed by atoms with Crippen molar-refractivity contribution in [3.63, 3.8) is 0 Å². The quantitative estimate of drug-likeness (QED) is 0.875. The van der Waals surface area contributed by atoms with Gasteiger partial charge in [-0.15, -0.1) is 0 Å². The van der Waals surface area contributed by atoms with Crippen molar-refractivity contribution in [3.05, 3.63) is 29.8 Å². The molecule has 6 nitrogen and oxygen atoms in total. The van der Waals surface area contributed by atoms with E-state index in [1.807, 2.05) is 31.2 Å². The molecule has 0 radical (unpaired) electrons. The van der Waals surface area contributed by atoms with Crippen molar-refractivity contribution >= 4 is 32.2 Å². The van der Waals surface area contributed by atoms with Gasteiger partial charge in [0.1, 0.15) is 15.6 Å². The third kappa shape index (κ3) is 3.45. The Morgan fingerprint density at radius 2 is 1.95 bits per heavy atom. The van der Waals surface area contributed by atoms with Crippen LogP contribution in [-0.2, 0) is 9.84 Å². The van der Waals surface area contributed by atoms with Crippen LogP contribution in [0.25, 0.3) is 0 Å². The maximum atomic E-state index is 11.8. The van der Waals surface area contributed by atoms with Gasteiger partial charge in [0.15, 0.2) is 15.7 Å². The Morgan fingerprint density at radius 1 is 1.33 bits per heavy atom. The molecule has 0 bridgehead atoms. The average Bonchev–Trinajstić information content (AvgIpc) is 2.79. The lowest BCUT2D eigenvalue weighted by Crippen LogP contribution is -2.09. The lowest BCUT2D eigenvalue weighted by atomic mass is 10.1. The minimum atomic E-state index is -3.42. The molecule has 0 aliphatic heterocycles. The van der Waals surface area contributed by atoms with E-state index in [2.05, 4.69) is 9.69 Å². The summed E-state index contributed by atoms with van der Waals surface area (Å²) in [5, 5.41) is 3.60. The van der Waals surface area contributed by atoms with Crippen molar-refractivity contribution in [1.29, 1.82) is 0 Å². The monoisotopic (exact) mass is 327 g/mol. The van der Waals surface area contributed by atoms with Gasteiger partial charge in [-0.2, -0.15) is 4.37 Å². The van der Waals surface area contributed by atoms with Crippen LogP contribution in [0.2, 0.25) is 0 Å². The number of ether oxygens (including phenoxy) is 1. The Balaban J connectivity index is 2.25. The van der Waals surface area contributed by atoms with Crippen LogP contribution < -0.4 is 15.8 Å². The van der Waals surface area contributed by atoms with Gasteiger partial charge in [0.2, 0.25) is 0 Å². The summed E-state index contributed by atoms with van der Waals surface area (Å²) in [7, 11) is -1.81. The van der Waals surface area contributed by atoms with Gasteiger partial charge in [-0.05, 0) is 36.2 Å². The Labute approximate surface area is 128 Å². The molecule has 1 unspecified atom stereocenters. The summed E-state index contributed by atoms with van der Waals surface area (Å²) in [5.74, 6) is 0.803. The van der Waals surface area contributed by atoms with E-state index in [0.717, 1.165) is 29.1 Å². The molecule has 0 aliphatic rings. The van der Waals surface area contributed by atoms with Gasteiger partial charge in [-0.25, -0.2) is 8.42 Å². The molecule has 1 atom stereocenters. The molecule has 0 saturated carbocycles. The Kier molecular flexibility index (Phi) is 4.38. The molecule has 1 heterocycles. The van der Waals surface area contributed by atoms with Crippen molar-refractivity contribution < 1.29 is 13.2 Å². The Bertz CT molecular complexity index is 724. The second kappa shape index (κ2) is 5.90. The van der Waals surface area contributed by atoms with Crippen LogP contribution in [0.15, 0.2) is 29.2 Å². The van der Waals surface area contributed by atoms with Crippen molar-refractivity contribution in [1.82, 2.24) is 4.37 Å². The number of anilines is 2. The third-order valence-electron chi connectivity index (χ3n) is 3.01. The number of sulfone groups is 1. The first kappa shape index (κ1) is 15.6. The minimum absolute atomic E-state index is 0.0342. The van der Waals surface area contributed by atoms with Crippen molar-refractivity contribution in [2.45, 2.75) is 17.9 Å². The average molecular weight is 327 g/mol. The van der Waals surface area contributed by atoms with E-state index >= 15 is 0 Å². The number of benzene rings is 1. The Hall–Kier alpha value is -1.80. The van der Waals surface area contributed by atoms with E-state index < -0.39 is 9.84 Å². The van der Waals surface area contributed by atoms with Gasteiger partial charge < -0.3 is 15.8 Å². The molecular formula is C13H17N3O3S2. The second-order valence-electron chi connectivity index (χ2n) is 4.64. The molecule has 2 rings (SSSR count). The maximum Gasteiger partial charge on any atom is 0.182 e. The molecule has 0 saturated heterocycles. The first-order valence-corrected chi connectivity index (χ1v) is 8.85. The van der Waals surface area contributed by atoms with Gasteiger partial charge in [-0.3, -0.25) is 0 Å². The first-order valence-electron chi connectivity index (χ1n) is 6.18. The van der Waals surface area contributed by atoms with Gasteiger partial charge in [0.25, 0.3) is 0 Å². The highest BCUT2D eigenvalue weighted by molar-refractivity contribution is 7.91. The molecule has 114 valence electrons. The van der Waals surface area contributed by atoms with Crippen molar-refractivity contribution in [2.24, 2.45) is 0 Å². The van der Waals surface area contributed by atoms with Crippen LogP contribution in [0.1, 0.15) is 18.5 Å². The highest BCUT2D eigenvalue weighted by atomic mass is 32.2. The number of nitrogens with one attached hydrogen (secondary N) is 1. The summed E-state index contributed by atoms with van der Waals surface area (Å²) in [6, 6.07) is 7.45. The first-order chi connectivity index (χ1) is 9.82. The molecule has 0 spiro atoms. The number of nitrogens with two attached hydrogens (primary N) is 1. The van der Waals surface area contributed by atoms with Crippen LogP contribution in [0, 0.1) is 0 Å². The zero-order valence-corrected chi connectivity index (χ0v) is 13.6. The molecule has 0 aliphatic carbocycles. The smallest absolute Gasteiger partial charge is 0.182 e. The zero-order chi connectivity index (χ0) is 15.6. The van der Waals surface area contributed by atoms with E-state index in [1.54, 1.807) is 7.11 Å². The van der Waals surface area contributed by atoms with Crippen LogP contribution in [0.5, 0.6) is 5.75 Å². The van der Waals surface area contributed by atoms with Gasteiger partial charge in [0, 0.05) is 12.3 Å². The molecule has 1 aromatic heterocycles. The normalized spacial score (nSPS) is 12.9. The predicted molar refractivity (Wildman–Crippen MR) is 84.7 cm³/mol. The van der Waals surface area contributed by atoms with Crippen LogP contribution in [0.3, 0.4) is 0 Å². The number of rotatable bonds is 5. The molecule has 8 heteroatoms. The highest BCUT2D eigenvalue weighted by Gasteiger charge is 2.22. The number of methoxy groups -OCH3 is 1. The number of nitrogens with zero attached hydrogens (tertiary/aromatic N) is 1. The number of hydrogen-bond donors (Lipinski definition) is 2. The van der Waals surface area contributed by atoms with Gasteiger partial charge in [0.05, 0.1) is 7.11 Å². The molecular weight excluding hydrogens is 310 g/mol. The fourth-order valence-corrected chi connectivity index (χ4v) is 4.06. The van der Waals surface area contributed by atoms with Crippen LogP contribution >= 0.6 is 11.5 Å². The van der Waals surface area contributed by atoms with E-state index in [0.29, 0.717) is 5.00 Å². The number of aromatic nitrogens is 1. The lowest BCUT2D eigenvalue weighted by molar-refractivity contribution is 0.414.